The molecule has 0 atom stereocenters. The molecule has 0 bridgehead atoms. The Morgan fingerprint density at radius 1 is 0.960 bits per heavy atom. The lowest BCUT2D eigenvalue weighted by atomic mass is 9.90. The molecule has 2 amide bonds. The van der Waals surface area contributed by atoms with Gasteiger partial charge in [0.1, 0.15) is 5.41 Å². The van der Waals surface area contributed by atoms with Crippen molar-refractivity contribution in [1.29, 1.82) is 0 Å². The first-order valence-electron chi connectivity index (χ1n) is 8.23. The van der Waals surface area contributed by atoms with Crippen LogP contribution in [0.1, 0.15) is 31.9 Å². The third kappa shape index (κ3) is 4.20. The lowest BCUT2D eigenvalue weighted by Crippen LogP contribution is -2.41. The van der Waals surface area contributed by atoms with E-state index in [4.69, 9.17) is 11.6 Å². The molecule has 0 aromatic heterocycles. The van der Waals surface area contributed by atoms with Crippen LogP contribution in [0, 0.1) is 12.3 Å². The van der Waals surface area contributed by atoms with Crippen molar-refractivity contribution in [3.8, 4) is 0 Å². The van der Waals surface area contributed by atoms with E-state index in [2.05, 4.69) is 10.6 Å². The number of benzene rings is 2. The quantitative estimate of drug-likeness (QED) is 0.753. The van der Waals surface area contributed by atoms with Gasteiger partial charge in [-0.15, -0.1) is 0 Å². The number of amides is 2. The van der Waals surface area contributed by atoms with E-state index in [-0.39, 0.29) is 11.8 Å². The molecule has 5 heteroatoms. The van der Waals surface area contributed by atoms with Gasteiger partial charge in [-0.25, -0.2) is 0 Å². The van der Waals surface area contributed by atoms with Crippen molar-refractivity contribution in [2.75, 3.05) is 10.6 Å². The highest BCUT2D eigenvalue weighted by atomic mass is 35.5. The summed E-state index contributed by atoms with van der Waals surface area (Å²) in [5.74, 6) is -0.741. The maximum absolute atomic E-state index is 12.7. The lowest BCUT2D eigenvalue weighted by Gasteiger charge is -2.24. The largest absolute Gasteiger partial charge is 0.325 e. The topological polar surface area (TPSA) is 58.2 Å². The molecule has 0 saturated carbocycles. The predicted molar refractivity (Wildman–Crippen MR) is 103 cm³/mol. The number of rotatable bonds is 5. The van der Waals surface area contributed by atoms with Gasteiger partial charge in [-0.1, -0.05) is 42.8 Å². The Balaban J connectivity index is 2.17. The third-order valence-electron chi connectivity index (χ3n) is 4.30. The second-order valence-corrected chi connectivity index (χ2v) is 6.86. The minimum atomic E-state index is -1.24. The highest BCUT2D eigenvalue weighted by Crippen LogP contribution is 2.27. The molecule has 0 aliphatic heterocycles. The van der Waals surface area contributed by atoms with Crippen LogP contribution in [0.5, 0.6) is 0 Å². The summed E-state index contributed by atoms with van der Waals surface area (Å²) in [6.07, 6.45) is 0.796. The lowest BCUT2D eigenvalue weighted by molar-refractivity contribution is -0.135. The molecule has 4 nitrogen and oxygen atoms in total. The third-order valence-corrected chi connectivity index (χ3v) is 4.71. The Kier molecular flexibility index (Phi) is 5.85. The van der Waals surface area contributed by atoms with Crippen LogP contribution in [0.3, 0.4) is 0 Å². The number of nitrogens with one attached hydrogen (secondary N) is 2. The summed E-state index contributed by atoms with van der Waals surface area (Å²) >= 11 is 6.08. The Labute approximate surface area is 153 Å². The predicted octanol–water partition coefficient (Wildman–Crippen LogP) is 4.81. The van der Waals surface area contributed by atoms with E-state index in [1.807, 2.05) is 38.1 Å². The van der Waals surface area contributed by atoms with Crippen LogP contribution in [-0.2, 0) is 16.0 Å². The van der Waals surface area contributed by atoms with E-state index in [9.17, 15) is 9.59 Å². The van der Waals surface area contributed by atoms with E-state index in [1.165, 1.54) is 0 Å². The molecule has 2 aromatic carbocycles. The molecule has 0 fully saturated rings. The van der Waals surface area contributed by atoms with Crippen molar-refractivity contribution < 1.29 is 9.59 Å². The number of carbonyl (C=O) groups is 2. The molecule has 0 aliphatic rings. The second-order valence-electron chi connectivity index (χ2n) is 6.46. The van der Waals surface area contributed by atoms with Gasteiger partial charge in [-0.2, -0.15) is 0 Å². The van der Waals surface area contributed by atoms with Crippen molar-refractivity contribution in [2.45, 2.75) is 34.1 Å². The zero-order chi connectivity index (χ0) is 18.6. The van der Waals surface area contributed by atoms with Crippen molar-refractivity contribution in [3.05, 3.63) is 58.6 Å². The average Bonchev–Trinajstić information content (AvgIpc) is 2.59. The van der Waals surface area contributed by atoms with Gasteiger partial charge in [0, 0.05) is 16.4 Å². The number of para-hydroxylation sites is 1. The average molecular weight is 359 g/mol. The monoisotopic (exact) mass is 358 g/mol. The number of anilines is 2. The van der Waals surface area contributed by atoms with E-state index >= 15 is 0 Å². The van der Waals surface area contributed by atoms with Crippen LogP contribution in [0.25, 0.3) is 0 Å². The van der Waals surface area contributed by atoms with Crippen molar-refractivity contribution in [3.63, 3.8) is 0 Å². The molecule has 0 unspecified atom stereocenters. The number of halogens is 1. The minimum Gasteiger partial charge on any atom is -0.325 e. The van der Waals surface area contributed by atoms with Crippen LogP contribution >= 0.6 is 11.6 Å². The molecular formula is C20H23ClN2O2. The molecule has 0 radical (unpaired) electrons. The van der Waals surface area contributed by atoms with Crippen molar-refractivity contribution in [2.24, 2.45) is 5.41 Å². The van der Waals surface area contributed by atoms with E-state index in [0.717, 1.165) is 23.2 Å². The highest BCUT2D eigenvalue weighted by Gasteiger charge is 2.36. The standard InChI is InChI=1S/C20H23ClN2O2/c1-5-14-9-6-7-11-17(14)23-19(25)20(3,4)18(24)22-16-12-8-10-15(21)13(16)2/h6-12H,5H2,1-4H3,(H,22,24)(H,23,25). The van der Waals surface area contributed by atoms with E-state index in [0.29, 0.717) is 10.7 Å². The summed E-state index contributed by atoms with van der Waals surface area (Å²) in [6.45, 7) is 7.05. The molecule has 132 valence electrons. The Hall–Kier alpha value is -2.33. The van der Waals surface area contributed by atoms with Crippen molar-refractivity contribution in [1.82, 2.24) is 0 Å². The van der Waals surface area contributed by atoms with Crippen LogP contribution in [0.2, 0.25) is 5.02 Å². The molecule has 25 heavy (non-hydrogen) atoms. The highest BCUT2D eigenvalue weighted by molar-refractivity contribution is 6.31. The first-order chi connectivity index (χ1) is 11.8. The number of carbonyl (C=O) groups excluding carboxylic acids is 2. The SMILES string of the molecule is CCc1ccccc1NC(=O)C(C)(C)C(=O)Nc1cccc(Cl)c1C. The Bertz CT molecular complexity index is 800. The van der Waals surface area contributed by atoms with Crippen LogP contribution in [-0.4, -0.2) is 11.8 Å². The smallest absolute Gasteiger partial charge is 0.239 e. The van der Waals surface area contributed by atoms with Crippen LogP contribution in [0.15, 0.2) is 42.5 Å². The van der Waals surface area contributed by atoms with Gasteiger partial charge >= 0.3 is 0 Å². The summed E-state index contributed by atoms with van der Waals surface area (Å²) < 4.78 is 0. The Morgan fingerprint density at radius 3 is 2.16 bits per heavy atom. The van der Waals surface area contributed by atoms with Gasteiger partial charge in [0.15, 0.2) is 0 Å². The summed E-state index contributed by atoms with van der Waals surface area (Å²) in [4.78, 5) is 25.4. The summed E-state index contributed by atoms with van der Waals surface area (Å²) in [5.41, 5.74) is 1.89. The maximum atomic E-state index is 12.7. The van der Waals surface area contributed by atoms with Crippen LogP contribution < -0.4 is 10.6 Å². The Morgan fingerprint density at radius 2 is 1.52 bits per heavy atom. The molecular weight excluding hydrogens is 336 g/mol. The van der Waals surface area contributed by atoms with Crippen LogP contribution in [0.4, 0.5) is 11.4 Å². The fraction of sp³-hybridized carbons (Fsp3) is 0.300. The van der Waals surface area contributed by atoms with E-state index < -0.39 is 5.41 Å². The van der Waals surface area contributed by atoms with E-state index in [1.54, 1.807) is 32.0 Å². The summed E-state index contributed by atoms with van der Waals surface area (Å²) in [5, 5.41) is 6.24. The first-order valence-corrected chi connectivity index (χ1v) is 8.61. The molecule has 0 aliphatic carbocycles. The number of hydrogen-bond acceptors (Lipinski definition) is 2. The normalized spacial score (nSPS) is 11.1. The zero-order valence-electron chi connectivity index (χ0n) is 14.9. The van der Waals surface area contributed by atoms with Gasteiger partial charge < -0.3 is 10.6 Å². The molecule has 2 aromatic rings. The summed E-state index contributed by atoms with van der Waals surface area (Å²) in [6, 6.07) is 12.9. The minimum absolute atomic E-state index is 0.356. The molecule has 0 saturated heterocycles. The fourth-order valence-corrected chi connectivity index (χ4v) is 2.53. The number of hydrogen-bond donors (Lipinski definition) is 2. The van der Waals surface area contributed by atoms with Gasteiger partial charge in [0.25, 0.3) is 0 Å². The van der Waals surface area contributed by atoms with Gasteiger partial charge in [-0.3, -0.25) is 9.59 Å². The van der Waals surface area contributed by atoms with Gasteiger partial charge in [-0.05, 0) is 56.5 Å². The second kappa shape index (κ2) is 7.70. The van der Waals surface area contributed by atoms with Gasteiger partial charge in [0.2, 0.25) is 11.8 Å². The van der Waals surface area contributed by atoms with Gasteiger partial charge in [0.05, 0.1) is 0 Å². The number of aryl methyl sites for hydroxylation is 1. The summed E-state index contributed by atoms with van der Waals surface area (Å²) in [7, 11) is 0. The van der Waals surface area contributed by atoms with Crippen molar-refractivity contribution >= 4 is 34.8 Å². The molecule has 2 N–H and O–H groups in total. The first kappa shape index (κ1) is 19.0. The molecule has 2 rings (SSSR count). The fourth-order valence-electron chi connectivity index (χ4n) is 2.35. The molecule has 0 heterocycles. The zero-order valence-corrected chi connectivity index (χ0v) is 15.7. The molecule has 0 spiro atoms. The maximum Gasteiger partial charge on any atom is 0.239 e.